The number of benzene rings is 1. The monoisotopic (exact) mass is 344 g/mol. The Labute approximate surface area is 146 Å². The molecule has 1 aromatic carbocycles. The fourth-order valence-corrected chi connectivity index (χ4v) is 4.89. The van der Waals surface area contributed by atoms with Crippen LogP contribution < -0.4 is 0 Å². The molecule has 2 saturated heterocycles. The molecule has 2 aliphatic heterocycles. The minimum absolute atomic E-state index is 0.299. The number of thiazole rings is 1. The van der Waals surface area contributed by atoms with Crippen LogP contribution in [0, 0.1) is 0 Å². The maximum atomic E-state index is 12.4. The van der Waals surface area contributed by atoms with Gasteiger partial charge in [-0.05, 0) is 44.2 Å². The smallest absolute Gasteiger partial charge is 0.222 e. The summed E-state index contributed by atoms with van der Waals surface area (Å²) in [6, 6.07) is 8.33. The van der Waals surface area contributed by atoms with Gasteiger partial charge < -0.3 is 9.64 Å². The lowest BCUT2D eigenvalue weighted by molar-refractivity contribution is -0.132. The third-order valence-electron chi connectivity index (χ3n) is 5.21. The maximum absolute atomic E-state index is 12.4. The quantitative estimate of drug-likeness (QED) is 0.843. The first-order chi connectivity index (χ1) is 11.8. The fraction of sp³-hybridized carbons (Fsp3) is 0.579. The highest BCUT2D eigenvalue weighted by molar-refractivity contribution is 7.18. The number of fused-ring (bicyclic) bond motifs is 1. The van der Waals surface area contributed by atoms with E-state index in [1.54, 1.807) is 0 Å². The summed E-state index contributed by atoms with van der Waals surface area (Å²) in [5.41, 5.74) is 1.10. The third-order valence-corrected chi connectivity index (χ3v) is 6.41. The van der Waals surface area contributed by atoms with Crippen molar-refractivity contribution in [2.45, 2.75) is 50.5 Å². The largest absolute Gasteiger partial charge is 0.378 e. The van der Waals surface area contributed by atoms with Gasteiger partial charge in [-0.25, -0.2) is 4.98 Å². The van der Waals surface area contributed by atoms with Gasteiger partial charge in [-0.15, -0.1) is 11.3 Å². The third kappa shape index (κ3) is 3.47. The number of amides is 1. The van der Waals surface area contributed by atoms with Gasteiger partial charge in [0.25, 0.3) is 0 Å². The van der Waals surface area contributed by atoms with E-state index >= 15 is 0 Å². The molecule has 0 bridgehead atoms. The first-order valence-electron chi connectivity index (χ1n) is 9.04. The van der Waals surface area contributed by atoms with Gasteiger partial charge in [-0.3, -0.25) is 4.79 Å². The summed E-state index contributed by atoms with van der Waals surface area (Å²) in [4.78, 5) is 19.2. The molecule has 1 atom stereocenters. The first kappa shape index (κ1) is 16.0. The standard InChI is InChI=1S/C19H24N2O2S/c22-18(8-7-15-4-3-13-23-15)21-11-9-14(10-12-21)19-20-16-5-1-2-6-17(16)24-19/h1-2,5-6,14-15H,3-4,7-13H2/t15-/m0/s1. The Morgan fingerprint density at radius 1 is 1.25 bits per heavy atom. The Kier molecular flexibility index (Phi) is 4.81. The summed E-state index contributed by atoms with van der Waals surface area (Å²) in [6.07, 6.45) is 6.16. The molecule has 4 nitrogen and oxygen atoms in total. The summed E-state index contributed by atoms with van der Waals surface area (Å²) in [7, 11) is 0. The average Bonchev–Trinajstić information content (AvgIpc) is 3.29. The van der Waals surface area contributed by atoms with E-state index in [0.717, 1.165) is 57.3 Å². The molecule has 5 heteroatoms. The van der Waals surface area contributed by atoms with Gasteiger partial charge in [-0.2, -0.15) is 0 Å². The number of ether oxygens (including phenoxy) is 1. The van der Waals surface area contributed by atoms with E-state index in [2.05, 4.69) is 18.2 Å². The van der Waals surface area contributed by atoms with Gasteiger partial charge in [0.1, 0.15) is 0 Å². The van der Waals surface area contributed by atoms with Crippen molar-refractivity contribution in [2.24, 2.45) is 0 Å². The number of piperidine rings is 1. The van der Waals surface area contributed by atoms with Crippen LogP contribution in [0.4, 0.5) is 0 Å². The number of hydrogen-bond acceptors (Lipinski definition) is 4. The van der Waals surface area contributed by atoms with Crippen LogP contribution in [-0.4, -0.2) is 41.6 Å². The van der Waals surface area contributed by atoms with Crippen LogP contribution in [0.1, 0.15) is 49.5 Å². The van der Waals surface area contributed by atoms with Crippen molar-refractivity contribution >= 4 is 27.5 Å². The van der Waals surface area contributed by atoms with Crippen LogP contribution in [0.15, 0.2) is 24.3 Å². The van der Waals surface area contributed by atoms with Gasteiger partial charge in [0.05, 0.1) is 21.3 Å². The average molecular weight is 344 g/mol. The van der Waals surface area contributed by atoms with Crippen molar-refractivity contribution in [1.82, 2.24) is 9.88 Å². The maximum Gasteiger partial charge on any atom is 0.222 e. The lowest BCUT2D eigenvalue weighted by Gasteiger charge is -2.31. The van der Waals surface area contributed by atoms with Crippen molar-refractivity contribution in [1.29, 1.82) is 0 Å². The van der Waals surface area contributed by atoms with E-state index in [9.17, 15) is 4.79 Å². The van der Waals surface area contributed by atoms with Gasteiger partial charge in [0, 0.05) is 32.0 Å². The van der Waals surface area contributed by atoms with Crippen molar-refractivity contribution < 1.29 is 9.53 Å². The van der Waals surface area contributed by atoms with E-state index in [4.69, 9.17) is 9.72 Å². The number of hydrogen-bond donors (Lipinski definition) is 0. The van der Waals surface area contributed by atoms with Crippen molar-refractivity contribution in [2.75, 3.05) is 19.7 Å². The van der Waals surface area contributed by atoms with E-state index in [-0.39, 0.29) is 0 Å². The molecule has 0 aliphatic carbocycles. The lowest BCUT2D eigenvalue weighted by Crippen LogP contribution is -2.38. The number of para-hydroxylation sites is 1. The molecule has 0 saturated carbocycles. The zero-order valence-electron chi connectivity index (χ0n) is 13.9. The zero-order chi connectivity index (χ0) is 16.4. The van der Waals surface area contributed by atoms with E-state index < -0.39 is 0 Å². The second-order valence-electron chi connectivity index (χ2n) is 6.85. The molecular weight excluding hydrogens is 320 g/mol. The topological polar surface area (TPSA) is 42.4 Å². The van der Waals surface area contributed by atoms with E-state index in [0.29, 0.717) is 24.3 Å². The van der Waals surface area contributed by atoms with Crippen LogP contribution in [-0.2, 0) is 9.53 Å². The number of rotatable bonds is 4. The number of likely N-dealkylation sites (tertiary alicyclic amines) is 1. The van der Waals surface area contributed by atoms with Gasteiger partial charge in [0.15, 0.2) is 0 Å². The minimum atomic E-state index is 0.299. The molecule has 1 amide bonds. The highest BCUT2D eigenvalue weighted by Gasteiger charge is 2.26. The second-order valence-corrected chi connectivity index (χ2v) is 7.91. The molecule has 2 fully saturated rings. The molecule has 2 aromatic rings. The SMILES string of the molecule is O=C(CC[C@@H]1CCCO1)N1CCC(c2nc3ccccc3s2)CC1. The number of nitrogens with zero attached hydrogens (tertiary/aromatic N) is 2. The molecule has 1 aromatic heterocycles. The highest BCUT2D eigenvalue weighted by atomic mass is 32.1. The first-order valence-corrected chi connectivity index (χ1v) is 9.86. The van der Waals surface area contributed by atoms with Crippen molar-refractivity contribution in [3.63, 3.8) is 0 Å². The second kappa shape index (κ2) is 7.19. The van der Waals surface area contributed by atoms with E-state index in [1.165, 1.54) is 9.71 Å². The Balaban J connectivity index is 1.30. The Morgan fingerprint density at radius 2 is 2.08 bits per heavy atom. The summed E-state index contributed by atoms with van der Waals surface area (Å²) in [6.45, 7) is 2.60. The molecule has 3 heterocycles. The van der Waals surface area contributed by atoms with Gasteiger partial charge >= 0.3 is 0 Å². The summed E-state index contributed by atoms with van der Waals surface area (Å²) < 4.78 is 6.88. The minimum Gasteiger partial charge on any atom is -0.378 e. The van der Waals surface area contributed by atoms with Crippen molar-refractivity contribution in [3.05, 3.63) is 29.3 Å². The van der Waals surface area contributed by atoms with Crippen LogP contribution in [0.2, 0.25) is 0 Å². The number of carbonyl (C=O) groups is 1. The van der Waals surface area contributed by atoms with Crippen LogP contribution in [0.25, 0.3) is 10.2 Å². The zero-order valence-corrected chi connectivity index (χ0v) is 14.8. The number of carbonyl (C=O) groups excluding carboxylic acids is 1. The molecule has 2 aliphatic rings. The Bertz CT molecular complexity index is 667. The summed E-state index contributed by atoms with van der Waals surface area (Å²) >= 11 is 1.81. The van der Waals surface area contributed by atoms with Crippen molar-refractivity contribution in [3.8, 4) is 0 Å². The predicted molar refractivity (Wildman–Crippen MR) is 96.4 cm³/mol. The molecule has 0 N–H and O–H groups in total. The normalized spacial score (nSPS) is 22.3. The fourth-order valence-electron chi connectivity index (χ4n) is 3.76. The summed E-state index contributed by atoms with van der Waals surface area (Å²) in [5.74, 6) is 0.804. The van der Waals surface area contributed by atoms with Crippen LogP contribution in [0.3, 0.4) is 0 Å². The van der Waals surface area contributed by atoms with Gasteiger partial charge in [-0.1, -0.05) is 12.1 Å². The predicted octanol–water partition coefficient (Wildman–Crippen LogP) is 3.96. The van der Waals surface area contributed by atoms with Crippen LogP contribution in [0.5, 0.6) is 0 Å². The van der Waals surface area contributed by atoms with Gasteiger partial charge in [0.2, 0.25) is 5.91 Å². The lowest BCUT2D eigenvalue weighted by atomic mass is 9.97. The van der Waals surface area contributed by atoms with Crippen LogP contribution >= 0.6 is 11.3 Å². The molecule has 4 rings (SSSR count). The summed E-state index contributed by atoms with van der Waals surface area (Å²) in [5, 5.41) is 1.24. The number of aromatic nitrogens is 1. The molecule has 0 spiro atoms. The molecule has 128 valence electrons. The van der Waals surface area contributed by atoms with E-state index in [1.807, 2.05) is 22.3 Å². The molecule has 0 unspecified atom stereocenters. The Hall–Kier alpha value is -1.46. The Morgan fingerprint density at radius 3 is 2.83 bits per heavy atom. The molecular formula is C19H24N2O2S. The highest BCUT2D eigenvalue weighted by Crippen LogP contribution is 2.34. The molecule has 0 radical (unpaired) electrons. The molecule has 24 heavy (non-hydrogen) atoms.